The molecule has 0 atom stereocenters. The van der Waals surface area contributed by atoms with Crippen LogP contribution in [0.2, 0.25) is 0 Å². The second-order valence-electron chi connectivity index (χ2n) is 5.79. The Morgan fingerprint density at radius 3 is 2.12 bits per heavy atom. The van der Waals surface area contributed by atoms with E-state index in [2.05, 4.69) is 0 Å². The smallest absolute Gasteiger partial charge is 0.227 e. The molecule has 124 valence electrons. The molecule has 1 aliphatic rings. The predicted octanol–water partition coefficient (Wildman–Crippen LogP) is 3.51. The fourth-order valence-corrected chi connectivity index (χ4v) is 4.59. The number of benzene rings is 2. The maximum Gasteiger partial charge on any atom is 0.227 e. The minimum absolute atomic E-state index is 0.0386. The predicted molar refractivity (Wildman–Crippen MR) is 92.6 cm³/mol. The number of nitrogens with zero attached hydrogens (tertiary/aromatic N) is 1. The van der Waals surface area contributed by atoms with Crippen molar-refractivity contribution in [3.05, 3.63) is 76.8 Å². The van der Waals surface area contributed by atoms with Crippen molar-refractivity contribution in [2.45, 2.75) is 31.2 Å². The van der Waals surface area contributed by atoms with Gasteiger partial charge in [-0.25, -0.2) is 8.42 Å². The molecule has 3 rings (SSSR count). The first kappa shape index (κ1) is 16.5. The first-order valence-electron chi connectivity index (χ1n) is 7.84. The Hall–Kier alpha value is -2.40. The summed E-state index contributed by atoms with van der Waals surface area (Å²) in [7, 11) is -3.57. The van der Waals surface area contributed by atoms with Crippen LogP contribution in [0.5, 0.6) is 0 Å². The lowest BCUT2D eigenvalue weighted by Gasteiger charge is -2.30. The Morgan fingerprint density at radius 2 is 1.50 bits per heavy atom. The largest absolute Gasteiger partial charge is 0.311 e. The second kappa shape index (κ2) is 6.61. The zero-order valence-corrected chi connectivity index (χ0v) is 14.3. The third-order valence-corrected chi connectivity index (χ3v) is 6.28. The van der Waals surface area contributed by atoms with Crippen LogP contribution < -0.4 is 0 Å². The maximum absolute atomic E-state index is 12.9. The number of amides is 1. The Balaban J connectivity index is 2.00. The summed E-state index contributed by atoms with van der Waals surface area (Å²) in [6.45, 7) is 2.11. The minimum atomic E-state index is -3.57. The van der Waals surface area contributed by atoms with Crippen LogP contribution in [0.1, 0.15) is 25.3 Å². The fourth-order valence-electron chi connectivity index (χ4n) is 2.92. The summed E-state index contributed by atoms with van der Waals surface area (Å²) < 4.78 is 25.8. The molecular weight excluding hydrogens is 322 g/mol. The third-order valence-electron chi connectivity index (χ3n) is 4.24. The van der Waals surface area contributed by atoms with Crippen molar-refractivity contribution in [3.63, 3.8) is 0 Å². The first-order chi connectivity index (χ1) is 11.5. The van der Waals surface area contributed by atoms with E-state index in [1.54, 1.807) is 42.2 Å². The molecule has 0 aliphatic carbocycles. The molecule has 0 unspecified atom stereocenters. The molecule has 0 aromatic heterocycles. The van der Waals surface area contributed by atoms with E-state index < -0.39 is 9.84 Å². The van der Waals surface area contributed by atoms with E-state index in [1.165, 1.54) is 0 Å². The summed E-state index contributed by atoms with van der Waals surface area (Å²) in [5, 5.41) is 0. The van der Waals surface area contributed by atoms with E-state index in [9.17, 15) is 13.2 Å². The molecule has 0 saturated carbocycles. The van der Waals surface area contributed by atoms with Crippen molar-refractivity contribution in [1.82, 2.24) is 4.90 Å². The summed E-state index contributed by atoms with van der Waals surface area (Å²) >= 11 is 0. The summed E-state index contributed by atoms with van der Waals surface area (Å²) in [5.41, 5.74) is 1.50. The number of carbonyl (C=O) groups is 1. The second-order valence-corrected chi connectivity index (χ2v) is 7.76. The Bertz CT molecular complexity index is 871. The van der Waals surface area contributed by atoms with Gasteiger partial charge >= 0.3 is 0 Å². The molecule has 24 heavy (non-hydrogen) atoms. The van der Waals surface area contributed by atoms with Gasteiger partial charge in [-0.1, -0.05) is 48.5 Å². The quantitative estimate of drug-likeness (QED) is 0.855. The summed E-state index contributed by atoms with van der Waals surface area (Å²) in [4.78, 5) is 14.5. The number of sulfone groups is 1. The molecule has 0 bridgehead atoms. The molecule has 1 aliphatic heterocycles. The highest BCUT2D eigenvalue weighted by molar-refractivity contribution is 7.95. The van der Waals surface area contributed by atoms with Crippen LogP contribution in [-0.4, -0.2) is 19.2 Å². The van der Waals surface area contributed by atoms with Gasteiger partial charge in [0.1, 0.15) is 0 Å². The summed E-state index contributed by atoms with van der Waals surface area (Å²) in [5.74, 6) is -0.0386. The van der Waals surface area contributed by atoms with E-state index >= 15 is 0 Å². The van der Waals surface area contributed by atoms with Gasteiger partial charge in [0, 0.05) is 12.1 Å². The van der Waals surface area contributed by atoms with Crippen molar-refractivity contribution in [2.24, 2.45) is 0 Å². The van der Waals surface area contributed by atoms with Crippen LogP contribution in [0.4, 0.5) is 0 Å². The summed E-state index contributed by atoms with van der Waals surface area (Å²) in [6.07, 6.45) is 0.471. The Labute approximate surface area is 142 Å². The zero-order valence-electron chi connectivity index (χ0n) is 13.5. The van der Waals surface area contributed by atoms with E-state index in [4.69, 9.17) is 0 Å². The van der Waals surface area contributed by atoms with Crippen molar-refractivity contribution >= 4 is 15.7 Å². The van der Waals surface area contributed by atoms with Gasteiger partial charge < -0.3 is 4.90 Å². The fraction of sp³-hybridized carbons (Fsp3) is 0.211. The Morgan fingerprint density at radius 1 is 0.917 bits per heavy atom. The van der Waals surface area contributed by atoms with Crippen LogP contribution in [0.3, 0.4) is 0 Å². The monoisotopic (exact) mass is 341 g/mol. The minimum Gasteiger partial charge on any atom is -0.311 e. The topological polar surface area (TPSA) is 54.5 Å². The third kappa shape index (κ3) is 3.12. The zero-order chi connectivity index (χ0) is 17.2. The highest BCUT2D eigenvalue weighted by atomic mass is 32.2. The highest BCUT2D eigenvalue weighted by Crippen LogP contribution is 2.32. The average molecular weight is 341 g/mol. The first-order valence-corrected chi connectivity index (χ1v) is 9.32. The molecular formula is C19H19NO3S. The molecule has 2 aromatic carbocycles. The van der Waals surface area contributed by atoms with Gasteiger partial charge in [-0.15, -0.1) is 0 Å². The van der Waals surface area contributed by atoms with Crippen LogP contribution >= 0.6 is 0 Å². The molecule has 1 heterocycles. The lowest BCUT2D eigenvalue weighted by molar-refractivity contribution is -0.130. The van der Waals surface area contributed by atoms with E-state index in [-0.39, 0.29) is 23.6 Å². The normalized spacial score (nSPS) is 15.7. The van der Waals surface area contributed by atoms with Crippen molar-refractivity contribution in [1.29, 1.82) is 0 Å². The van der Waals surface area contributed by atoms with Crippen LogP contribution in [-0.2, 0) is 21.2 Å². The number of hydrogen-bond acceptors (Lipinski definition) is 3. The number of allylic oxidation sites excluding steroid dienone is 2. The van der Waals surface area contributed by atoms with E-state index in [0.717, 1.165) is 5.56 Å². The lowest BCUT2D eigenvalue weighted by Crippen LogP contribution is -2.34. The maximum atomic E-state index is 12.9. The van der Waals surface area contributed by atoms with Crippen molar-refractivity contribution < 1.29 is 13.2 Å². The summed E-state index contributed by atoms with van der Waals surface area (Å²) in [6, 6.07) is 18.0. The molecule has 2 aromatic rings. The Kier molecular flexibility index (Phi) is 4.53. The average Bonchev–Trinajstić information content (AvgIpc) is 2.60. The number of hydrogen-bond donors (Lipinski definition) is 0. The van der Waals surface area contributed by atoms with Crippen molar-refractivity contribution in [2.75, 3.05) is 0 Å². The highest BCUT2D eigenvalue weighted by Gasteiger charge is 2.31. The number of carbonyl (C=O) groups excluding carboxylic acids is 1. The van der Waals surface area contributed by atoms with Crippen LogP contribution in [0.15, 0.2) is 76.2 Å². The molecule has 5 heteroatoms. The molecule has 0 fully saturated rings. The van der Waals surface area contributed by atoms with E-state index in [0.29, 0.717) is 17.1 Å². The molecule has 0 N–H and O–H groups in total. The van der Waals surface area contributed by atoms with Gasteiger partial charge in [0.05, 0.1) is 16.3 Å². The SMILES string of the molecule is CC1=C(S(=O)(=O)c2ccccc2)CCC(=O)N1Cc1ccccc1. The van der Waals surface area contributed by atoms with Gasteiger partial charge in [-0.2, -0.15) is 0 Å². The standard InChI is InChI=1S/C19H19NO3S/c1-15-18(24(22,23)17-10-6-3-7-11-17)12-13-19(21)20(15)14-16-8-4-2-5-9-16/h2-11H,12-14H2,1H3. The molecule has 0 saturated heterocycles. The van der Waals surface area contributed by atoms with Gasteiger partial charge in [0.25, 0.3) is 0 Å². The van der Waals surface area contributed by atoms with Gasteiger partial charge in [0.2, 0.25) is 15.7 Å². The number of rotatable bonds is 4. The molecule has 0 spiro atoms. The van der Waals surface area contributed by atoms with E-state index in [1.807, 2.05) is 30.3 Å². The molecule has 1 amide bonds. The van der Waals surface area contributed by atoms with Crippen LogP contribution in [0.25, 0.3) is 0 Å². The molecule has 4 nitrogen and oxygen atoms in total. The van der Waals surface area contributed by atoms with Gasteiger partial charge in [-0.3, -0.25) is 4.79 Å². The lowest BCUT2D eigenvalue weighted by atomic mass is 10.1. The van der Waals surface area contributed by atoms with Gasteiger partial charge in [-0.05, 0) is 31.0 Å². The molecule has 0 radical (unpaired) electrons. The van der Waals surface area contributed by atoms with Gasteiger partial charge in [0.15, 0.2) is 0 Å². The van der Waals surface area contributed by atoms with Crippen LogP contribution in [0, 0.1) is 0 Å². The van der Waals surface area contributed by atoms with Crippen molar-refractivity contribution in [3.8, 4) is 0 Å².